The van der Waals surface area contributed by atoms with E-state index < -0.39 is 0 Å². The molecule has 0 saturated carbocycles. The predicted molar refractivity (Wildman–Crippen MR) is 68.3 cm³/mol. The molecule has 0 amide bonds. The molecular weight excluding hydrogens is 272 g/mol. The predicted octanol–water partition coefficient (Wildman–Crippen LogP) is 3.08. The minimum atomic E-state index is 0.675. The van der Waals surface area contributed by atoms with Crippen molar-refractivity contribution in [1.29, 1.82) is 0 Å². The van der Waals surface area contributed by atoms with Gasteiger partial charge < -0.3 is 5.32 Å². The van der Waals surface area contributed by atoms with Gasteiger partial charge in [0.25, 0.3) is 0 Å². The first-order chi connectivity index (χ1) is 7.34. The topological polar surface area (TPSA) is 24.9 Å². The fourth-order valence-electron chi connectivity index (χ4n) is 1.70. The maximum atomic E-state index is 4.35. The highest BCUT2D eigenvalue weighted by Gasteiger charge is 2.12. The van der Waals surface area contributed by atoms with Crippen LogP contribution in [0.3, 0.4) is 0 Å². The standard InChI is InChI=1S/C11H15BrN2S/c12-9-4-5-11(14-7-9)15-8-10-3-1-2-6-13-10/h4-5,7,10,13H,1-3,6,8H2. The van der Waals surface area contributed by atoms with Gasteiger partial charge in [0.15, 0.2) is 0 Å². The van der Waals surface area contributed by atoms with E-state index >= 15 is 0 Å². The molecule has 1 fully saturated rings. The van der Waals surface area contributed by atoms with Crippen LogP contribution in [0, 0.1) is 0 Å². The first-order valence-corrected chi connectivity index (χ1v) is 7.10. The lowest BCUT2D eigenvalue weighted by Crippen LogP contribution is -2.35. The second-order valence-electron chi connectivity index (χ2n) is 3.77. The van der Waals surface area contributed by atoms with E-state index in [9.17, 15) is 0 Å². The Kier molecular flexibility index (Phi) is 4.47. The van der Waals surface area contributed by atoms with Crippen LogP contribution in [0.4, 0.5) is 0 Å². The minimum Gasteiger partial charge on any atom is -0.313 e. The zero-order chi connectivity index (χ0) is 10.5. The van der Waals surface area contributed by atoms with Gasteiger partial charge in [-0.3, -0.25) is 0 Å². The number of aromatic nitrogens is 1. The fraction of sp³-hybridized carbons (Fsp3) is 0.545. The van der Waals surface area contributed by atoms with Gasteiger partial charge in [-0.2, -0.15) is 0 Å². The average molecular weight is 287 g/mol. The lowest BCUT2D eigenvalue weighted by molar-refractivity contribution is 0.430. The molecular formula is C11H15BrN2S. The Morgan fingerprint density at radius 1 is 1.47 bits per heavy atom. The normalized spacial score (nSPS) is 21.5. The molecule has 0 radical (unpaired) electrons. The second-order valence-corrected chi connectivity index (χ2v) is 5.73. The molecule has 82 valence electrons. The molecule has 0 spiro atoms. The molecule has 1 aliphatic heterocycles. The van der Waals surface area contributed by atoms with Crippen molar-refractivity contribution in [3.63, 3.8) is 0 Å². The first kappa shape index (κ1) is 11.4. The van der Waals surface area contributed by atoms with Crippen molar-refractivity contribution in [1.82, 2.24) is 10.3 Å². The number of pyridine rings is 1. The summed E-state index contributed by atoms with van der Waals surface area (Å²) in [5.74, 6) is 1.13. The number of rotatable bonds is 3. The van der Waals surface area contributed by atoms with Crippen LogP contribution in [-0.2, 0) is 0 Å². The molecule has 1 saturated heterocycles. The highest BCUT2D eigenvalue weighted by Crippen LogP contribution is 2.20. The number of hydrogen-bond donors (Lipinski definition) is 1. The van der Waals surface area contributed by atoms with Crippen molar-refractivity contribution >= 4 is 27.7 Å². The molecule has 2 rings (SSSR count). The molecule has 1 unspecified atom stereocenters. The van der Waals surface area contributed by atoms with Crippen molar-refractivity contribution in [2.45, 2.75) is 30.3 Å². The average Bonchev–Trinajstić information content (AvgIpc) is 2.30. The van der Waals surface area contributed by atoms with Crippen LogP contribution in [0.5, 0.6) is 0 Å². The van der Waals surface area contributed by atoms with E-state index in [1.165, 1.54) is 25.8 Å². The number of nitrogens with one attached hydrogen (secondary N) is 1. The quantitative estimate of drug-likeness (QED) is 0.865. The van der Waals surface area contributed by atoms with E-state index in [2.05, 4.69) is 32.3 Å². The van der Waals surface area contributed by atoms with E-state index in [4.69, 9.17) is 0 Å². The molecule has 1 aliphatic rings. The molecule has 1 N–H and O–H groups in total. The van der Waals surface area contributed by atoms with Crippen LogP contribution in [0.15, 0.2) is 27.8 Å². The van der Waals surface area contributed by atoms with Crippen molar-refractivity contribution in [2.75, 3.05) is 12.3 Å². The number of halogens is 1. The molecule has 0 aliphatic carbocycles. The number of piperidine rings is 1. The summed E-state index contributed by atoms with van der Waals surface area (Å²) in [6.07, 6.45) is 5.86. The fourth-order valence-corrected chi connectivity index (χ4v) is 2.88. The Bertz CT molecular complexity index is 296. The Morgan fingerprint density at radius 3 is 3.07 bits per heavy atom. The van der Waals surface area contributed by atoms with Gasteiger partial charge in [0, 0.05) is 22.5 Å². The van der Waals surface area contributed by atoms with E-state index in [-0.39, 0.29) is 0 Å². The van der Waals surface area contributed by atoms with Crippen molar-refractivity contribution < 1.29 is 0 Å². The highest BCUT2D eigenvalue weighted by atomic mass is 79.9. The van der Waals surface area contributed by atoms with Gasteiger partial charge in [0.1, 0.15) is 0 Å². The molecule has 1 aromatic rings. The maximum Gasteiger partial charge on any atom is 0.0961 e. The zero-order valence-corrected chi connectivity index (χ0v) is 11.0. The van der Waals surface area contributed by atoms with Gasteiger partial charge in [-0.25, -0.2) is 4.98 Å². The van der Waals surface area contributed by atoms with Crippen LogP contribution in [0.1, 0.15) is 19.3 Å². The van der Waals surface area contributed by atoms with Gasteiger partial charge in [-0.1, -0.05) is 6.42 Å². The lowest BCUT2D eigenvalue weighted by atomic mass is 10.1. The van der Waals surface area contributed by atoms with Gasteiger partial charge in [-0.15, -0.1) is 11.8 Å². The molecule has 1 atom stereocenters. The largest absolute Gasteiger partial charge is 0.313 e. The summed E-state index contributed by atoms with van der Waals surface area (Å²) in [6, 6.07) is 4.79. The Morgan fingerprint density at radius 2 is 2.40 bits per heavy atom. The molecule has 0 bridgehead atoms. The molecule has 15 heavy (non-hydrogen) atoms. The molecule has 2 nitrogen and oxygen atoms in total. The highest BCUT2D eigenvalue weighted by molar-refractivity contribution is 9.10. The summed E-state index contributed by atoms with van der Waals surface area (Å²) in [4.78, 5) is 4.35. The van der Waals surface area contributed by atoms with Crippen LogP contribution < -0.4 is 5.32 Å². The van der Waals surface area contributed by atoms with Gasteiger partial charge >= 0.3 is 0 Å². The second kappa shape index (κ2) is 5.87. The zero-order valence-electron chi connectivity index (χ0n) is 8.58. The number of hydrogen-bond acceptors (Lipinski definition) is 3. The summed E-state index contributed by atoms with van der Waals surface area (Å²) in [6.45, 7) is 1.18. The molecule has 0 aromatic carbocycles. The Labute approximate surface area is 103 Å². The molecule has 4 heteroatoms. The molecule has 1 aromatic heterocycles. The summed E-state index contributed by atoms with van der Waals surface area (Å²) in [5, 5.41) is 4.66. The van der Waals surface area contributed by atoms with E-state index in [1.54, 1.807) is 0 Å². The van der Waals surface area contributed by atoms with Crippen LogP contribution in [0.25, 0.3) is 0 Å². The van der Waals surface area contributed by atoms with E-state index in [0.717, 1.165) is 15.3 Å². The summed E-state index contributed by atoms with van der Waals surface area (Å²) in [5.41, 5.74) is 0. The smallest absolute Gasteiger partial charge is 0.0961 e. The lowest BCUT2D eigenvalue weighted by Gasteiger charge is -2.22. The van der Waals surface area contributed by atoms with Crippen molar-refractivity contribution in [3.8, 4) is 0 Å². The first-order valence-electron chi connectivity index (χ1n) is 5.32. The summed E-state index contributed by atoms with van der Waals surface area (Å²) < 4.78 is 1.04. The van der Waals surface area contributed by atoms with Gasteiger partial charge in [0.2, 0.25) is 0 Å². The summed E-state index contributed by atoms with van der Waals surface area (Å²) >= 11 is 5.23. The van der Waals surface area contributed by atoms with Crippen molar-refractivity contribution in [2.24, 2.45) is 0 Å². The monoisotopic (exact) mass is 286 g/mol. The van der Waals surface area contributed by atoms with Crippen molar-refractivity contribution in [3.05, 3.63) is 22.8 Å². The number of nitrogens with zero attached hydrogens (tertiary/aromatic N) is 1. The minimum absolute atomic E-state index is 0.675. The number of thioether (sulfide) groups is 1. The van der Waals surface area contributed by atoms with E-state index in [0.29, 0.717) is 6.04 Å². The maximum absolute atomic E-state index is 4.35. The van der Waals surface area contributed by atoms with Gasteiger partial charge in [0.05, 0.1) is 5.03 Å². The van der Waals surface area contributed by atoms with Crippen LogP contribution in [0.2, 0.25) is 0 Å². The molecule has 2 heterocycles. The van der Waals surface area contributed by atoms with Crippen LogP contribution in [-0.4, -0.2) is 23.3 Å². The van der Waals surface area contributed by atoms with Gasteiger partial charge in [-0.05, 0) is 47.4 Å². The third-order valence-electron chi connectivity index (χ3n) is 2.55. The Hall–Kier alpha value is -0.0600. The van der Waals surface area contributed by atoms with E-state index in [1.807, 2.05) is 24.0 Å². The SMILES string of the molecule is Brc1ccc(SCC2CCCCN2)nc1. The Balaban J connectivity index is 1.79. The third-order valence-corrected chi connectivity index (χ3v) is 4.12. The third kappa shape index (κ3) is 3.78. The van der Waals surface area contributed by atoms with Crippen LogP contribution >= 0.6 is 27.7 Å². The summed E-state index contributed by atoms with van der Waals surface area (Å²) in [7, 11) is 0.